The Labute approximate surface area is 82.7 Å². The zero-order valence-corrected chi connectivity index (χ0v) is 11.3. The Morgan fingerprint density at radius 2 is 1.54 bits per heavy atom. The summed E-state index contributed by atoms with van der Waals surface area (Å²) in [5, 5.41) is 0. The number of rotatable bonds is 0. The van der Waals surface area contributed by atoms with Gasteiger partial charge in [0.2, 0.25) is 5.91 Å². The minimum atomic E-state index is -1.33. The van der Waals surface area contributed by atoms with Crippen LogP contribution < -0.4 is 4.65 Å². The summed E-state index contributed by atoms with van der Waals surface area (Å²) in [4.78, 5) is 13.4. The van der Waals surface area contributed by atoms with Crippen LogP contribution in [0.1, 0.15) is 6.92 Å². The molecule has 0 aromatic heterocycles. The quantitative estimate of drug-likeness (QED) is 0.611. The first kappa shape index (κ1) is 10.9. The van der Waals surface area contributed by atoms with Crippen LogP contribution in [0, 0.1) is 0 Å². The molecule has 0 unspecified atom stereocenters. The highest BCUT2D eigenvalue weighted by Crippen LogP contribution is 2.15. The van der Waals surface area contributed by atoms with Crippen molar-refractivity contribution in [1.29, 1.82) is 0 Å². The molecule has 1 aliphatic heterocycles. The van der Waals surface area contributed by atoms with Gasteiger partial charge < -0.3 is 9.55 Å². The topological polar surface area (TPSA) is 32.3 Å². The molecule has 1 rings (SSSR count). The Balaban J connectivity index is 2.78. The van der Waals surface area contributed by atoms with Crippen molar-refractivity contribution in [3.63, 3.8) is 0 Å². The van der Waals surface area contributed by atoms with Gasteiger partial charge in [-0.2, -0.15) is 0 Å². The van der Waals surface area contributed by atoms with Crippen molar-refractivity contribution in [3.05, 3.63) is 0 Å². The molecule has 1 heterocycles. The van der Waals surface area contributed by atoms with E-state index in [-0.39, 0.29) is 5.91 Å². The molecule has 0 radical (unpaired) electrons. The minimum absolute atomic E-state index is 0.239. The molecule has 0 aromatic carbocycles. The van der Waals surface area contributed by atoms with Gasteiger partial charge in [0.25, 0.3) is 0 Å². The van der Waals surface area contributed by atoms with Crippen molar-refractivity contribution in [2.45, 2.75) is 33.1 Å². The highest BCUT2D eigenvalue weighted by Gasteiger charge is 2.40. The van der Waals surface area contributed by atoms with Crippen LogP contribution in [0.4, 0.5) is 0 Å². The van der Waals surface area contributed by atoms with Crippen LogP contribution in [0.5, 0.6) is 0 Å². The van der Waals surface area contributed by atoms with E-state index in [0.717, 1.165) is 12.3 Å². The number of amides is 1. The molecular formula is C8H20N2OSi2. The normalized spacial score (nSPS) is 25.8. The highest BCUT2D eigenvalue weighted by molar-refractivity contribution is 6.92. The number of nitrogens with zero attached hydrogens (tertiary/aromatic N) is 1. The van der Waals surface area contributed by atoms with Crippen LogP contribution in [-0.2, 0) is 4.79 Å². The van der Waals surface area contributed by atoms with Gasteiger partial charge in [-0.25, -0.2) is 0 Å². The maximum Gasteiger partial charge on any atom is 0.218 e. The molecule has 1 saturated heterocycles. The Morgan fingerprint density at radius 3 is 1.85 bits per heavy atom. The Kier molecular flexibility index (Phi) is 2.71. The molecular weight excluding hydrogens is 196 g/mol. The van der Waals surface area contributed by atoms with Crippen molar-refractivity contribution in [3.8, 4) is 0 Å². The third kappa shape index (κ3) is 2.93. The number of hydrogen-bond acceptors (Lipinski definition) is 2. The summed E-state index contributed by atoms with van der Waals surface area (Å²) in [5.74, 6) is 0.239. The number of carbonyl (C=O) groups is 1. The van der Waals surface area contributed by atoms with Gasteiger partial charge >= 0.3 is 0 Å². The van der Waals surface area contributed by atoms with Crippen LogP contribution in [0.25, 0.3) is 0 Å². The van der Waals surface area contributed by atoms with E-state index in [2.05, 4.69) is 30.8 Å². The molecule has 3 nitrogen and oxygen atoms in total. The Bertz CT molecular complexity index is 212. The Morgan fingerprint density at radius 1 is 1.15 bits per heavy atom. The molecule has 5 heteroatoms. The van der Waals surface area contributed by atoms with E-state index in [4.69, 9.17) is 0 Å². The lowest BCUT2D eigenvalue weighted by molar-refractivity contribution is -0.127. The van der Waals surface area contributed by atoms with Crippen LogP contribution in [-0.4, -0.2) is 39.6 Å². The second-order valence-corrected chi connectivity index (χ2v) is 14.4. The monoisotopic (exact) mass is 216 g/mol. The fraction of sp³-hybridized carbons (Fsp3) is 0.875. The van der Waals surface area contributed by atoms with E-state index in [1.165, 1.54) is 0 Å². The van der Waals surface area contributed by atoms with Gasteiger partial charge in [-0.3, -0.25) is 4.79 Å². The van der Waals surface area contributed by atoms with Crippen LogP contribution in [0.2, 0.25) is 26.2 Å². The maximum absolute atomic E-state index is 11.3. The molecule has 1 aliphatic rings. The Hall–Kier alpha value is -0.136. The van der Waals surface area contributed by atoms with Gasteiger partial charge in [-0.1, -0.05) is 26.2 Å². The van der Waals surface area contributed by atoms with Crippen LogP contribution >= 0.6 is 0 Å². The predicted octanol–water partition coefficient (Wildman–Crippen LogP) is 0.927. The lowest BCUT2D eigenvalue weighted by Gasteiger charge is -2.45. The van der Waals surface area contributed by atoms with Gasteiger partial charge in [-0.15, -0.1) is 0 Å². The second kappa shape index (κ2) is 3.22. The summed E-state index contributed by atoms with van der Waals surface area (Å²) in [5.41, 5.74) is 0. The molecule has 0 saturated carbocycles. The summed E-state index contributed by atoms with van der Waals surface area (Å²) in [6, 6.07) is 0. The van der Waals surface area contributed by atoms with E-state index in [0.29, 0.717) is 0 Å². The van der Waals surface area contributed by atoms with Gasteiger partial charge in [0.15, 0.2) is 0 Å². The molecule has 0 aromatic rings. The summed E-state index contributed by atoms with van der Waals surface area (Å²) >= 11 is 0. The van der Waals surface area contributed by atoms with E-state index < -0.39 is 16.5 Å². The average Bonchev–Trinajstić information content (AvgIpc) is 1.79. The second-order valence-electron chi connectivity index (χ2n) is 5.27. The third-order valence-corrected chi connectivity index (χ3v) is 10.1. The summed E-state index contributed by atoms with van der Waals surface area (Å²) in [6.45, 7) is 10.9. The summed E-state index contributed by atoms with van der Waals surface area (Å²) in [6.07, 6.45) is 1.94. The molecule has 76 valence electrons. The minimum Gasteiger partial charge on any atom is -0.357 e. The lowest BCUT2D eigenvalue weighted by atomic mass is 10.6. The molecule has 1 N–H and O–H groups in total. The van der Waals surface area contributed by atoms with Gasteiger partial charge in [0.1, 0.15) is 16.5 Å². The lowest BCUT2D eigenvalue weighted by Crippen LogP contribution is -2.73. The number of nitrogens with one attached hydrogen (secondary N) is 1. The first-order valence-corrected chi connectivity index (χ1v) is 11.2. The largest absolute Gasteiger partial charge is 0.357 e. The summed E-state index contributed by atoms with van der Waals surface area (Å²) < 4.78 is 3.80. The molecule has 1 fully saturated rings. The van der Waals surface area contributed by atoms with Gasteiger partial charge in [-0.05, 0) is 0 Å². The molecule has 0 aliphatic carbocycles. The van der Waals surface area contributed by atoms with Gasteiger partial charge in [0, 0.05) is 19.3 Å². The standard InChI is InChI=1S/C8H20N2OSi2/c1-8(11)10-6-12(2,3)9-13(4,5)7-10/h9H,6-7H2,1-5H3. The molecule has 0 bridgehead atoms. The fourth-order valence-corrected chi connectivity index (χ4v) is 13.0. The van der Waals surface area contributed by atoms with Crippen LogP contribution in [0.3, 0.4) is 0 Å². The van der Waals surface area contributed by atoms with E-state index in [9.17, 15) is 4.79 Å². The number of hydrogen-bond donors (Lipinski definition) is 1. The SMILES string of the molecule is CC(=O)N1C[Si](C)(C)N[Si](C)(C)C1. The average molecular weight is 216 g/mol. The van der Waals surface area contributed by atoms with Gasteiger partial charge in [0.05, 0.1) is 0 Å². The molecule has 13 heavy (non-hydrogen) atoms. The fourth-order valence-electron chi connectivity index (χ4n) is 2.23. The smallest absolute Gasteiger partial charge is 0.218 e. The van der Waals surface area contributed by atoms with Crippen molar-refractivity contribution in [1.82, 2.24) is 9.55 Å². The van der Waals surface area contributed by atoms with Crippen molar-refractivity contribution in [2.75, 3.05) is 12.3 Å². The zero-order valence-electron chi connectivity index (χ0n) is 9.27. The molecule has 1 amide bonds. The van der Waals surface area contributed by atoms with E-state index in [1.54, 1.807) is 6.92 Å². The molecule has 0 atom stereocenters. The van der Waals surface area contributed by atoms with Crippen molar-refractivity contribution < 1.29 is 4.79 Å². The van der Waals surface area contributed by atoms with E-state index >= 15 is 0 Å². The number of carbonyl (C=O) groups excluding carboxylic acids is 1. The first-order valence-electron chi connectivity index (χ1n) is 4.77. The maximum atomic E-state index is 11.3. The van der Waals surface area contributed by atoms with E-state index in [1.807, 2.05) is 4.90 Å². The van der Waals surface area contributed by atoms with Crippen molar-refractivity contribution >= 4 is 22.4 Å². The first-order chi connectivity index (χ1) is 5.72. The third-order valence-electron chi connectivity index (χ3n) is 2.29. The zero-order chi connectivity index (χ0) is 10.3. The van der Waals surface area contributed by atoms with Crippen molar-refractivity contribution in [2.24, 2.45) is 0 Å². The van der Waals surface area contributed by atoms with Crippen LogP contribution in [0.15, 0.2) is 0 Å². The highest BCUT2D eigenvalue weighted by atomic mass is 28.4. The molecule has 0 spiro atoms. The summed E-state index contributed by atoms with van der Waals surface area (Å²) in [7, 11) is -2.67. The predicted molar refractivity (Wildman–Crippen MR) is 60.4 cm³/mol.